The fourth-order valence-electron chi connectivity index (χ4n) is 3.35. The van der Waals surface area contributed by atoms with Crippen LogP contribution in [0, 0.1) is 12.8 Å². The summed E-state index contributed by atoms with van der Waals surface area (Å²) in [6.07, 6.45) is 3.19. The molecular formula is C19H27NO4. The van der Waals surface area contributed by atoms with Gasteiger partial charge in [-0.3, -0.25) is 4.79 Å². The maximum Gasteiger partial charge on any atom is 0.222 e. The van der Waals surface area contributed by atoms with Crippen LogP contribution >= 0.6 is 0 Å². The van der Waals surface area contributed by atoms with Crippen LogP contribution in [0.25, 0.3) is 0 Å². The first-order valence-electron chi connectivity index (χ1n) is 8.93. The van der Waals surface area contributed by atoms with Crippen LogP contribution in [0.15, 0.2) is 24.3 Å². The number of piperidine rings is 1. The van der Waals surface area contributed by atoms with Gasteiger partial charge in [0.05, 0.1) is 19.8 Å². The van der Waals surface area contributed by atoms with Gasteiger partial charge in [0, 0.05) is 25.4 Å². The molecule has 0 N–H and O–H groups in total. The van der Waals surface area contributed by atoms with Crippen molar-refractivity contribution >= 4 is 5.91 Å². The average Bonchev–Trinajstić information content (AvgIpc) is 3.13. The molecule has 1 amide bonds. The zero-order valence-corrected chi connectivity index (χ0v) is 14.4. The van der Waals surface area contributed by atoms with E-state index in [1.807, 2.05) is 36.1 Å². The third-order valence-electron chi connectivity index (χ3n) is 4.72. The Bertz CT molecular complexity index is 534. The highest BCUT2D eigenvalue weighted by molar-refractivity contribution is 5.76. The first-order valence-corrected chi connectivity index (χ1v) is 8.93. The van der Waals surface area contributed by atoms with Gasteiger partial charge < -0.3 is 19.1 Å². The van der Waals surface area contributed by atoms with Crippen LogP contribution in [0.5, 0.6) is 5.75 Å². The van der Waals surface area contributed by atoms with Crippen molar-refractivity contribution in [2.75, 3.05) is 32.9 Å². The minimum atomic E-state index is -0.0509. The van der Waals surface area contributed by atoms with Gasteiger partial charge >= 0.3 is 0 Å². The van der Waals surface area contributed by atoms with Crippen LogP contribution in [0.2, 0.25) is 0 Å². The number of rotatable bonds is 6. The summed E-state index contributed by atoms with van der Waals surface area (Å²) in [5, 5.41) is 0. The van der Waals surface area contributed by atoms with E-state index in [2.05, 4.69) is 0 Å². The van der Waals surface area contributed by atoms with Crippen LogP contribution < -0.4 is 4.74 Å². The standard InChI is InChI=1S/C19H27NO4/c1-15-4-2-5-17(14-15)22-11-3-6-18(21)20-9-7-16(8-10-20)19-23-12-13-24-19/h2,4-5,14,16,19H,3,6-13H2,1H3. The lowest BCUT2D eigenvalue weighted by Gasteiger charge is -2.33. The Morgan fingerprint density at radius 2 is 2.00 bits per heavy atom. The molecule has 0 unspecified atom stereocenters. The predicted molar refractivity (Wildman–Crippen MR) is 90.9 cm³/mol. The van der Waals surface area contributed by atoms with Crippen LogP contribution in [0.1, 0.15) is 31.2 Å². The Morgan fingerprint density at radius 3 is 2.71 bits per heavy atom. The van der Waals surface area contributed by atoms with E-state index in [0.29, 0.717) is 32.2 Å². The summed E-state index contributed by atoms with van der Waals surface area (Å²) in [6.45, 7) is 5.64. The van der Waals surface area contributed by atoms with Crippen molar-refractivity contribution < 1.29 is 19.0 Å². The predicted octanol–water partition coefficient (Wildman–Crippen LogP) is 2.77. The second kappa shape index (κ2) is 8.49. The Labute approximate surface area is 143 Å². The smallest absolute Gasteiger partial charge is 0.222 e. The first kappa shape index (κ1) is 17.2. The topological polar surface area (TPSA) is 48.0 Å². The Hall–Kier alpha value is -1.59. The van der Waals surface area contributed by atoms with Gasteiger partial charge in [-0.25, -0.2) is 0 Å². The van der Waals surface area contributed by atoms with Crippen LogP contribution in [0.4, 0.5) is 0 Å². The number of nitrogens with zero attached hydrogens (tertiary/aromatic N) is 1. The fraction of sp³-hybridized carbons (Fsp3) is 0.632. The van der Waals surface area contributed by atoms with Gasteiger partial charge in [-0.1, -0.05) is 12.1 Å². The molecule has 5 heteroatoms. The maximum atomic E-state index is 12.3. The molecule has 0 bridgehead atoms. The number of carbonyl (C=O) groups is 1. The summed E-state index contributed by atoms with van der Waals surface area (Å²) in [5.74, 6) is 1.54. The van der Waals surface area contributed by atoms with Crippen molar-refractivity contribution in [2.24, 2.45) is 5.92 Å². The van der Waals surface area contributed by atoms with Crippen molar-refractivity contribution in [3.8, 4) is 5.75 Å². The molecule has 0 aliphatic carbocycles. The quantitative estimate of drug-likeness (QED) is 0.751. The van der Waals surface area contributed by atoms with E-state index in [0.717, 1.165) is 38.1 Å². The summed E-state index contributed by atoms with van der Waals surface area (Å²) in [6, 6.07) is 7.99. The second-order valence-corrected chi connectivity index (χ2v) is 6.60. The van der Waals surface area contributed by atoms with Gasteiger partial charge in [-0.2, -0.15) is 0 Å². The molecule has 2 fully saturated rings. The van der Waals surface area contributed by atoms with Crippen molar-refractivity contribution in [1.82, 2.24) is 4.90 Å². The van der Waals surface area contributed by atoms with E-state index >= 15 is 0 Å². The van der Waals surface area contributed by atoms with Gasteiger partial charge in [-0.05, 0) is 43.9 Å². The van der Waals surface area contributed by atoms with Crippen LogP contribution in [0.3, 0.4) is 0 Å². The molecule has 0 saturated carbocycles. The van der Waals surface area contributed by atoms with Crippen molar-refractivity contribution in [3.05, 3.63) is 29.8 Å². The van der Waals surface area contributed by atoms with Crippen molar-refractivity contribution in [2.45, 2.75) is 38.9 Å². The summed E-state index contributed by atoms with van der Waals surface area (Å²) >= 11 is 0. The number of ether oxygens (including phenoxy) is 3. The molecule has 2 heterocycles. The van der Waals surface area contributed by atoms with Gasteiger partial charge in [0.1, 0.15) is 5.75 Å². The molecule has 0 spiro atoms. The molecule has 2 saturated heterocycles. The Balaban J connectivity index is 1.32. The molecule has 3 rings (SSSR count). The summed E-state index contributed by atoms with van der Waals surface area (Å²) in [7, 11) is 0. The maximum absolute atomic E-state index is 12.3. The van der Waals surface area contributed by atoms with E-state index < -0.39 is 0 Å². The zero-order chi connectivity index (χ0) is 16.8. The van der Waals surface area contributed by atoms with Gasteiger partial charge in [-0.15, -0.1) is 0 Å². The SMILES string of the molecule is Cc1cccc(OCCCC(=O)N2CCC(C3OCCO3)CC2)c1. The third kappa shape index (κ3) is 4.71. The highest BCUT2D eigenvalue weighted by Crippen LogP contribution is 2.26. The molecule has 1 aromatic rings. The molecular weight excluding hydrogens is 306 g/mol. The lowest BCUT2D eigenvalue weighted by molar-refractivity contribution is -0.137. The van der Waals surface area contributed by atoms with Crippen molar-refractivity contribution in [1.29, 1.82) is 0 Å². The van der Waals surface area contributed by atoms with Crippen molar-refractivity contribution in [3.63, 3.8) is 0 Å². The molecule has 5 nitrogen and oxygen atoms in total. The molecule has 24 heavy (non-hydrogen) atoms. The highest BCUT2D eigenvalue weighted by Gasteiger charge is 2.31. The largest absolute Gasteiger partial charge is 0.494 e. The summed E-state index contributed by atoms with van der Waals surface area (Å²) in [5.41, 5.74) is 1.18. The minimum Gasteiger partial charge on any atom is -0.494 e. The Morgan fingerprint density at radius 1 is 1.25 bits per heavy atom. The van der Waals surface area contributed by atoms with Crippen LogP contribution in [-0.2, 0) is 14.3 Å². The van der Waals surface area contributed by atoms with Gasteiger partial charge in [0.2, 0.25) is 5.91 Å². The van der Waals surface area contributed by atoms with E-state index in [-0.39, 0.29) is 12.2 Å². The number of hydrogen-bond acceptors (Lipinski definition) is 4. The molecule has 2 aliphatic heterocycles. The van der Waals surface area contributed by atoms with Crippen LogP contribution in [-0.4, -0.2) is 50.0 Å². The number of aryl methyl sites for hydroxylation is 1. The summed E-state index contributed by atoms with van der Waals surface area (Å²) in [4.78, 5) is 14.3. The highest BCUT2D eigenvalue weighted by atomic mass is 16.7. The number of amides is 1. The number of carbonyl (C=O) groups excluding carboxylic acids is 1. The second-order valence-electron chi connectivity index (χ2n) is 6.60. The van der Waals surface area contributed by atoms with E-state index in [4.69, 9.17) is 14.2 Å². The van der Waals surface area contributed by atoms with Gasteiger partial charge in [0.15, 0.2) is 6.29 Å². The monoisotopic (exact) mass is 333 g/mol. The molecule has 0 atom stereocenters. The molecule has 1 aromatic carbocycles. The molecule has 2 aliphatic rings. The lowest BCUT2D eigenvalue weighted by Crippen LogP contribution is -2.41. The van der Waals surface area contributed by atoms with E-state index in [9.17, 15) is 4.79 Å². The molecule has 0 radical (unpaired) electrons. The number of hydrogen-bond donors (Lipinski definition) is 0. The normalized spacial score (nSPS) is 19.6. The Kier molecular flexibility index (Phi) is 6.10. The third-order valence-corrected chi connectivity index (χ3v) is 4.72. The fourth-order valence-corrected chi connectivity index (χ4v) is 3.35. The molecule has 0 aromatic heterocycles. The lowest BCUT2D eigenvalue weighted by atomic mass is 9.96. The van der Waals surface area contributed by atoms with E-state index in [1.54, 1.807) is 0 Å². The minimum absolute atomic E-state index is 0.0509. The summed E-state index contributed by atoms with van der Waals surface area (Å²) < 4.78 is 16.9. The molecule has 132 valence electrons. The zero-order valence-electron chi connectivity index (χ0n) is 14.4. The first-order chi connectivity index (χ1) is 11.7. The number of likely N-dealkylation sites (tertiary alicyclic amines) is 1. The number of benzene rings is 1. The average molecular weight is 333 g/mol. The van der Waals surface area contributed by atoms with Gasteiger partial charge in [0.25, 0.3) is 0 Å². The van der Waals surface area contributed by atoms with E-state index in [1.165, 1.54) is 5.56 Å².